The van der Waals surface area contributed by atoms with Crippen LogP contribution in [-0.2, 0) is 6.42 Å². The number of aryl methyl sites for hydroxylation is 2. The van der Waals surface area contributed by atoms with Crippen LogP contribution in [0.25, 0.3) is 10.2 Å². The number of nitrogens with one attached hydrogen (secondary N) is 1. The van der Waals surface area contributed by atoms with Crippen LogP contribution in [0.5, 0.6) is 0 Å². The molecule has 2 aromatic carbocycles. The Kier molecular flexibility index (Phi) is 4.20. The second kappa shape index (κ2) is 6.28. The first-order chi connectivity index (χ1) is 10.6. The van der Waals surface area contributed by atoms with Crippen LogP contribution in [0.2, 0.25) is 0 Å². The molecule has 0 saturated carbocycles. The van der Waals surface area contributed by atoms with Gasteiger partial charge in [0.05, 0.1) is 15.2 Å². The molecule has 1 aromatic heterocycles. The highest BCUT2D eigenvalue weighted by Crippen LogP contribution is 2.22. The Labute approximate surface area is 134 Å². The molecule has 1 heterocycles. The number of hydrogen-bond donors (Lipinski definition) is 1. The molecule has 3 nitrogen and oxygen atoms in total. The molecule has 1 amide bonds. The summed E-state index contributed by atoms with van der Waals surface area (Å²) in [6.45, 7) is 4.68. The second-order valence-electron chi connectivity index (χ2n) is 5.41. The van der Waals surface area contributed by atoms with Crippen molar-refractivity contribution in [1.29, 1.82) is 0 Å². The fourth-order valence-electron chi connectivity index (χ4n) is 2.36. The highest BCUT2D eigenvalue weighted by molar-refractivity contribution is 7.18. The first-order valence-corrected chi connectivity index (χ1v) is 8.14. The van der Waals surface area contributed by atoms with Crippen molar-refractivity contribution in [2.45, 2.75) is 20.3 Å². The van der Waals surface area contributed by atoms with Crippen molar-refractivity contribution >= 4 is 27.5 Å². The zero-order chi connectivity index (χ0) is 15.5. The number of carbonyl (C=O) groups is 1. The largest absolute Gasteiger partial charge is 0.352 e. The van der Waals surface area contributed by atoms with Crippen LogP contribution < -0.4 is 5.32 Å². The third-order valence-electron chi connectivity index (χ3n) is 3.58. The van der Waals surface area contributed by atoms with Crippen molar-refractivity contribution in [2.75, 3.05) is 6.54 Å². The Hall–Kier alpha value is -2.20. The molecule has 3 rings (SSSR count). The van der Waals surface area contributed by atoms with Crippen LogP contribution >= 0.6 is 11.3 Å². The van der Waals surface area contributed by atoms with E-state index in [2.05, 4.69) is 41.5 Å². The van der Waals surface area contributed by atoms with E-state index in [-0.39, 0.29) is 5.91 Å². The van der Waals surface area contributed by atoms with Crippen LogP contribution in [0.3, 0.4) is 0 Å². The molecule has 4 heteroatoms. The van der Waals surface area contributed by atoms with Gasteiger partial charge in [0.25, 0.3) is 5.91 Å². The molecule has 0 fully saturated rings. The van der Waals surface area contributed by atoms with Gasteiger partial charge in [0.15, 0.2) is 0 Å². The lowest BCUT2D eigenvalue weighted by Gasteiger charge is -2.06. The Bertz CT molecular complexity index is 806. The van der Waals surface area contributed by atoms with Gasteiger partial charge in [-0.25, -0.2) is 4.98 Å². The normalized spacial score (nSPS) is 10.8. The van der Waals surface area contributed by atoms with Gasteiger partial charge >= 0.3 is 0 Å². The first-order valence-electron chi connectivity index (χ1n) is 7.33. The molecular formula is C18H18N2OS. The molecule has 0 aliphatic rings. The summed E-state index contributed by atoms with van der Waals surface area (Å²) in [6.07, 6.45) is 0.837. The summed E-state index contributed by atoms with van der Waals surface area (Å²) in [5.41, 5.74) is 4.05. The predicted molar refractivity (Wildman–Crippen MR) is 91.6 cm³/mol. The Morgan fingerprint density at radius 1 is 1.14 bits per heavy atom. The summed E-state index contributed by atoms with van der Waals surface area (Å²) in [4.78, 5) is 16.6. The van der Waals surface area contributed by atoms with Gasteiger partial charge in [-0.2, -0.15) is 0 Å². The van der Waals surface area contributed by atoms with Crippen molar-refractivity contribution in [2.24, 2.45) is 0 Å². The lowest BCUT2D eigenvalue weighted by atomic mass is 10.1. The van der Waals surface area contributed by atoms with Crippen LogP contribution in [-0.4, -0.2) is 17.4 Å². The van der Waals surface area contributed by atoms with Crippen molar-refractivity contribution in [1.82, 2.24) is 10.3 Å². The summed E-state index contributed by atoms with van der Waals surface area (Å²) >= 11 is 1.65. The Morgan fingerprint density at radius 3 is 2.68 bits per heavy atom. The van der Waals surface area contributed by atoms with E-state index in [0.717, 1.165) is 21.6 Å². The zero-order valence-corrected chi connectivity index (χ0v) is 13.5. The average molecular weight is 310 g/mol. The fourth-order valence-corrected chi connectivity index (χ4v) is 3.17. The third kappa shape index (κ3) is 3.34. The summed E-state index contributed by atoms with van der Waals surface area (Å²) in [5, 5.41) is 3.99. The molecule has 112 valence electrons. The Morgan fingerprint density at radius 2 is 1.91 bits per heavy atom. The van der Waals surface area contributed by atoms with E-state index in [4.69, 9.17) is 0 Å². The molecule has 0 radical (unpaired) electrons. The van der Waals surface area contributed by atoms with Gasteiger partial charge in [-0.1, -0.05) is 29.8 Å². The van der Waals surface area contributed by atoms with E-state index in [0.29, 0.717) is 12.1 Å². The monoisotopic (exact) mass is 310 g/mol. The number of amides is 1. The van der Waals surface area contributed by atoms with E-state index in [1.54, 1.807) is 11.3 Å². The van der Waals surface area contributed by atoms with Gasteiger partial charge in [-0.3, -0.25) is 4.79 Å². The molecular weight excluding hydrogens is 292 g/mol. The minimum atomic E-state index is -0.0420. The molecule has 0 aliphatic carbocycles. The number of carbonyl (C=O) groups excluding carboxylic acids is 1. The summed E-state index contributed by atoms with van der Waals surface area (Å²) in [7, 11) is 0. The quantitative estimate of drug-likeness (QED) is 0.794. The lowest BCUT2D eigenvalue weighted by molar-refractivity contribution is 0.0954. The minimum absolute atomic E-state index is 0.0420. The maximum Gasteiger partial charge on any atom is 0.251 e. The Balaban J connectivity index is 1.61. The van der Waals surface area contributed by atoms with Gasteiger partial charge in [0.2, 0.25) is 0 Å². The van der Waals surface area contributed by atoms with Gasteiger partial charge in [0.1, 0.15) is 0 Å². The summed E-state index contributed by atoms with van der Waals surface area (Å²) in [6, 6.07) is 14.1. The predicted octanol–water partition coefficient (Wildman–Crippen LogP) is 3.89. The SMILES string of the molecule is Cc1ccc(CCNC(=O)c2ccc3sc(C)nc3c2)cc1. The number of hydrogen-bond acceptors (Lipinski definition) is 3. The van der Waals surface area contributed by atoms with Crippen molar-refractivity contribution in [3.8, 4) is 0 Å². The molecule has 22 heavy (non-hydrogen) atoms. The zero-order valence-electron chi connectivity index (χ0n) is 12.7. The highest BCUT2D eigenvalue weighted by atomic mass is 32.1. The fraction of sp³-hybridized carbons (Fsp3) is 0.222. The van der Waals surface area contributed by atoms with E-state index in [1.807, 2.05) is 25.1 Å². The van der Waals surface area contributed by atoms with E-state index in [1.165, 1.54) is 11.1 Å². The molecule has 0 saturated heterocycles. The lowest BCUT2D eigenvalue weighted by Crippen LogP contribution is -2.25. The maximum atomic E-state index is 12.2. The van der Waals surface area contributed by atoms with Crippen LogP contribution in [0, 0.1) is 13.8 Å². The molecule has 0 spiro atoms. The molecule has 3 aromatic rings. The average Bonchev–Trinajstić information content (AvgIpc) is 2.88. The number of rotatable bonds is 4. The van der Waals surface area contributed by atoms with Crippen molar-refractivity contribution < 1.29 is 4.79 Å². The van der Waals surface area contributed by atoms with Gasteiger partial charge in [-0.05, 0) is 44.0 Å². The van der Waals surface area contributed by atoms with E-state index in [9.17, 15) is 4.79 Å². The molecule has 0 bridgehead atoms. The summed E-state index contributed by atoms with van der Waals surface area (Å²) in [5.74, 6) is -0.0420. The molecule has 0 atom stereocenters. The van der Waals surface area contributed by atoms with Gasteiger partial charge in [0, 0.05) is 12.1 Å². The standard InChI is InChI=1S/C18H18N2OS/c1-12-3-5-14(6-4-12)9-10-19-18(21)15-7-8-17-16(11-15)20-13(2)22-17/h3-8,11H,9-10H2,1-2H3,(H,19,21). The topological polar surface area (TPSA) is 42.0 Å². The second-order valence-corrected chi connectivity index (χ2v) is 6.64. The van der Waals surface area contributed by atoms with E-state index >= 15 is 0 Å². The number of aromatic nitrogens is 1. The molecule has 1 N–H and O–H groups in total. The smallest absolute Gasteiger partial charge is 0.251 e. The number of fused-ring (bicyclic) bond motifs is 1. The molecule has 0 aliphatic heterocycles. The molecule has 0 unspecified atom stereocenters. The maximum absolute atomic E-state index is 12.2. The highest BCUT2D eigenvalue weighted by Gasteiger charge is 2.08. The van der Waals surface area contributed by atoms with Crippen LogP contribution in [0.1, 0.15) is 26.5 Å². The number of nitrogens with zero attached hydrogens (tertiary/aromatic N) is 1. The van der Waals surface area contributed by atoms with Crippen molar-refractivity contribution in [3.63, 3.8) is 0 Å². The van der Waals surface area contributed by atoms with Crippen LogP contribution in [0.4, 0.5) is 0 Å². The third-order valence-corrected chi connectivity index (χ3v) is 4.53. The summed E-state index contributed by atoms with van der Waals surface area (Å²) < 4.78 is 1.12. The number of thiazole rings is 1. The van der Waals surface area contributed by atoms with Crippen molar-refractivity contribution in [3.05, 3.63) is 64.2 Å². The van der Waals surface area contributed by atoms with Gasteiger partial charge in [-0.15, -0.1) is 11.3 Å². The first kappa shape index (κ1) is 14.7. The minimum Gasteiger partial charge on any atom is -0.352 e. The van der Waals surface area contributed by atoms with Gasteiger partial charge < -0.3 is 5.32 Å². The van der Waals surface area contributed by atoms with E-state index < -0.39 is 0 Å². The number of benzene rings is 2. The van der Waals surface area contributed by atoms with Crippen LogP contribution in [0.15, 0.2) is 42.5 Å².